The first kappa shape index (κ1) is 15.2. The Kier molecular flexibility index (Phi) is 5.05. The quantitative estimate of drug-likeness (QED) is 0.851. The maximum absolute atomic E-state index is 12.1. The molecule has 1 amide bonds. The lowest BCUT2D eigenvalue weighted by molar-refractivity contribution is -0.116. The molecule has 2 aromatic heterocycles. The van der Waals surface area contributed by atoms with Crippen LogP contribution in [0.15, 0.2) is 30.7 Å². The summed E-state index contributed by atoms with van der Waals surface area (Å²) in [5.74, 6) is 1.47. The maximum atomic E-state index is 12.1. The topological polar surface area (TPSA) is 71.8 Å². The van der Waals surface area contributed by atoms with Gasteiger partial charge in [-0.3, -0.25) is 9.36 Å². The van der Waals surface area contributed by atoms with Crippen molar-refractivity contribution in [3.63, 3.8) is 0 Å². The van der Waals surface area contributed by atoms with Crippen LogP contribution in [0.5, 0.6) is 0 Å². The molecule has 2 N–H and O–H groups in total. The third-order valence-corrected chi connectivity index (χ3v) is 3.16. The summed E-state index contributed by atoms with van der Waals surface area (Å²) in [7, 11) is 0. The third kappa shape index (κ3) is 3.88. The average Bonchev–Trinajstić information content (AvgIpc) is 2.85. The van der Waals surface area contributed by atoms with Gasteiger partial charge in [-0.1, -0.05) is 6.92 Å². The van der Waals surface area contributed by atoms with Crippen LogP contribution in [0, 0.1) is 6.92 Å². The van der Waals surface area contributed by atoms with Gasteiger partial charge in [0.2, 0.25) is 5.91 Å². The molecule has 1 unspecified atom stereocenters. The molecule has 0 aliphatic carbocycles. The third-order valence-electron chi connectivity index (χ3n) is 3.16. The van der Waals surface area contributed by atoms with Crippen LogP contribution >= 0.6 is 0 Å². The standard InChI is InChI=1S/C15H21N5O/c1-4-16-11(2)10-14(21)19-13-6-5-7-18-15(13)20-9-8-17-12(20)3/h5-9,11,16H,4,10H2,1-3H3,(H,19,21). The second-order valence-corrected chi connectivity index (χ2v) is 4.93. The summed E-state index contributed by atoms with van der Waals surface area (Å²) in [5.41, 5.74) is 0.687. The van der Waals surface area contributed by atoms with Crippen LogP contribution < -0.4 is 10.6 Å². The Hall–Kier alpha value is -2.21. The Labute approximate surface area is 124 Å². The molecule has 112 valence electrons. The highest BCUT2D eigenvalue weighted by molar-refractivity contribution is 5.92. The number of anilines is 1. The number of hydrogen-bond donors (Lipinski definition) is 2. The highest BCUT2D eigenvalue weighted by Crippen LogP contribution is 2.18. The van der Waals surface area contributed by atoms with E-state index in [1.807, 2.05) is 37.6 Å². The van der Waals surface area contributed by atoms with E-state index in [2.05, 4.69) is 20.6 Å². The van der Waals surface area contributed by atoms with Crippen molar-refractivity contribution < 1.29 is 4.79 Å². The highest BCUT2D eigenvalue weighted by Gasteiger charge is 2.12. The fraction of sp³-hybridized carbons (Fsp3) is 0.400. The number of imidazole rings is 1. The van der Waals surface area contributed by atoms with Crippen LogP contribution in [0.25, 0.3) is 5.82 Å². The minimum atomic E-state index is -0.0320. The largest absolute Gasteiger partial charge is 0.323 e. The van der Waals surface area contributed by atoms with Gasteiger partial charge in [0.05, 0.1) is 5.69 Å². The van der Waals surface area contributed by atoms with E-state index < -0.39 is 0 Å². The van der Waals surface area contributed by atoms with Gasteiger partial charge in [-0.2, -0.15) is 0 Å². The molecule has 0 bridgehead atoms. The predicted molar refractivity (Wildman–Crippen MR) is 82.5 cm³/mol. The Morgan fingerprint density at radius 2 is 2.19 bits per heavy atom. The number of nitrogens with zero attached hydrogens (tertiary/aromatic N) is 3. The van der Waals surface area contributed by atoms with Gasteiger partial charge in [-0.05, 0) is 32.5 Å². The zero-order valence-electron chi connectivity index (χ0n) is 12.6. The van der Waals surface area contributed by atoms with Crippen LogP contribution in [0.4, 0.5) is 5.69 Å². The highest BCUT2D eigenvalue weighted by atomic mass is 16.1. The summed E-state index contributed by atoms with van der Waals surface area (Å²) in [4.78, 5) is 20.6. The molecule has 6 nitrogen and oxygen atoms in total. The zero-order valence-corrected chi connectivity index (χ0v) is 12.6. The van der Waals surface area contributed by atoms with Crippen molar-refractivity contribution in [2.45, 2.75) is 33.2 Å². The van der Waals surface area contributed by atoms with Gasteiger partial charge in [-0.15, -0.1) is 0 Å². The van der Waals surface area contributed by atoms with Crippen molar-refractivity contribution in [3.8, 4) is 5.82 Å². The van der Waals surface area contributed by atoms with Crippen LogP contribution in [0.3, 0.4) is 0 Å². The molecule has 1 atom stereocenters. The van der Waals surface area contributed by atoms with E-state index in [0.717, 1.165) is 12.4 Å². The number of carbonyl (C=O) groups excluding carboxylic acids is 1. The fourth-order valence-electron chi connectivity index (χ4n) is 2.19. The SMILES string of the molecule is CCNC(C)CC(=O)Nc1cccnc1-n1ccnc1C. The predicted octanol–water partition coefficient (Wildman–Crippen LogP) is 1.90. The fourth-order valence-corrected chi connectivity index (χ4v) is 2.19. The molecular formula is C15H21N5O. The van der Waals surface area contributed by atoms with E-state index in [1.54, 1.807) is 18.5 Å². The molecule has 2 rings (SSSR count). The van der Waals surface area contributed by atoms with Gasteiger partial charge in [0.25, 0.3) is 0 Å². The van der Waals surface area contributed by atoms with Gasteiger partial charge in [0, 0.05) is 31.1 Å². The molecule has 0 aliphatic heterocycles. The second-order valence-electron chi connectivity index (χ2n) is 4.93. The van der Waals surface area contributed by atoms with Crippen molar-refractivity contribution in [1.82, 2.24) is 19.9 Å². The summed E-state index contributed by atoms with van der Waals surface area (Å²) in [6, 6.07) is 3.79. The number of rotatable bonds is 6. The summed E-state index contributed by atoms with van der Waals surface area (Å²) >= 11 is 0. The Balaban J connectivity index is 2.14. The number of carbonyl (C=O) groups is 1. The lowest BCUT2D eigenvalue weighted by atomic mass is 10.2. The van der Waals surface area contributed by atoms with Crippen LogP contribution in [0.1, 0.15) is 26.1 Å². The number of amides is 1. The van der Waals surface area contributed by atoms with Gasteiger partial charge in [-0.25, -0.2) is 9.97 Å². The van der Waals surface area contributed by atoms with Crippen molar-refractivity contribution in [2.75, 3.05) is 11.9 Å². The molecule has 21 heavy (non-hydrogen) atoms. The first-order valence-electron chi connectivity index (χ1n) is 7.10. The minimum absolute atomic E-state index is 0.0320. The molecule has 0 saturated carbocycles. The Bertz CT molecular complexity index is 608. The van der Waals surface area contributed by atoms with Crippen LogP contribution in [-0.4, -0.2) is 33.0 Å². The smallest absolute Gasteiger partial charge is 0.226 e. The zero-order chi connectivity index (χ0) is 15.2. The van der Waals surface area contributed by atoms with Crippen molar-refractivity contribution in [1.29, 1.82) is 0 Å². The lowest BCUT2D eigenvalue weighted by Gasteiger charge is -2.14. The summed E-state index contributed by atoms with van der Waals surface area (Å²) in [6.45, 7) is 6.76. The molecule has 0 fully saturated rings. The Morgan fingerprint density at radius 3 is 2.86 bits per heavy atom. The summed E-state index contributed by atoms with van der Waals surface area (Å²) in [5, 5.41) is 6.15. The molecule has 6 heteroatoms. The average molecular weight is 287 g/mol. The van der Waals surface area contributed by atoms with E-state index in [4.69, 9.17) is 0 Å². The molecule has 0 spiro atoms. The lowest BCUT2D eigenvalue weighted by Crippen LogP contribution is -2.30. The summed E-state index contributed by atoms with van der Waals surface area (Å²) in [6.07, 6.45) is 5.66. The van der Waals surface area contributed by atoms with E-state index in [1.165, 1.54) is 0 Å². The van der Waals surface area contributed by atoms with E-state index in [-0.39, 0.29) is 11.9 Å². The molecule has 2 heterocycles. The number of hydrogen-bond acceptors (Lipinski definition) is 4. The molecule has 2 aromatic rings. The van der Waals surface area contributed by atoms with E-state index >= 15 is 0 Å². The van der Waals surface area contributed by atoms with Gasteiger partial charge < -0.3 is 10.6 Å². The van der Waals surface area contributed by atoms with E-state index in [0.29, 0.717) is 17.9 Å². The first-order valence-corrected chi connectivity index (χ1v) is 7.10. The molecule has 0 saturated heterocycles. The van der Waals surface area contributed by atoms with E-state index in [9.17, 15) is 4.79 Å². The molecule has 0 aliphatic rings. The number of aryl methyl sites for hydroxylation is 1. The van der Waals surface area contributed by atoms with Gasteiger partial charge in [0.1, 0.15) is 5.82 Å². The van der Waals surface area contributed by atoms with Crippen molar-refractivity contribution in [3.05, 3.63) is 36.5 Å². The Morgan fingerprint density at radius 1 is 1.38 bits per heavy atom. The van der Waals surface area contributed by atoms with Crippen molar-refractivity contribution >= 4 is 11.6 Å². The second kappa shape index (κ2) is 6.99. The minimum Gasteiger partial charge on any atom is -0.323 e. The molecule has 0 radical (unpaired) electrons. The number of aromatic nitrogens is 3. The van der Waals surface area contributed by atoms with Gasteiger partial charge in [0.15, 0.2) is 5.82 Å². The van der Waals surface area contributed by atoms with Crippen molar-refractivity contribution in [2.24, 2.45) is 0 Å². The summed E-state index contributed by atoms with van der Waals surface area (Å²) < 4.78 is 1.85. The van der Waals surface area contributed by atoms with Crippen LogP contribution in [-0.2, 0) is 4.79 Å². The number of nitrogens with one attached hydrogen (secondary N) is 2. The first-order chi connectivity index (χ1) is 10.1. The normalized spacial score (nSPS) is 12.1. The number of pyridine rings is 1. The molecule has 0 aromatic carbocycles. The van der Waals surface area contributed by atoms with Crippen LogP contribution in [0.2, 0.25) is 0 Å². The van der Waals surface area contributed by atoms with Gasteiger partial charge >= 0.3 is 0 Å². The maximum Gasteiger partial charge on any atom is 0.226 e. The molecular weight excluding hydrogens is 266 g/mol. The monoisotopic (exact) mass is 287 g/mol.